The summed E-state index contributed by atoms with van der Waals surface area (Å²) in [6.07, 6.45) is 1.27. The second-order valence-electron chi connectivity index (χ2n) is 8.54. The Balaban J connectivity index is 1.41. The molecule has 2 aliphatic heterocycles. The van der Waals surface area contributed by atoms with Crippen LogP contribution in [0.3, 0.4) is 0 Å². The molecule has 2 heterocycles. The summed E-state index contributed by atoms with van der Waals surface area (Å²) in [6, 6.07) is 4.80. The lowest BCUT2D eigenvalue weighted by Gasteiger charge is -2.43. The van der Waals surface area contributed by atoms with E-state index in [4.69, 9.17) is 14.2 Å². The van der Waals surface area contributed by atoms with Crippen LogP contribution in [0.4, 0.5) is 0 Å². The van der Waals surface area contributed by atoms with Crippen molar-refractivity contribution in [3.63, 3.8) is 0 Å². The smallest absolute Gasteiger partial charge is 0.254 e. The first kappa shape index (κ1) is 21.4. The van der Waals surface area contributed by atoms with Gasteiger partial charge in [-0.1, -0.05) is 0 Å². The number of carbonyl (C=O) groups excluding carboxylic acids is 1. The Morgan fingerprint density at radius 3 is 2.60 bits per heavy atom. The number of hydrogen-bond acceptors (Lipinski definition) is 7. The van der Waals surface area contributed by atoms with Crippen LogP contribution in [0.15, 0.2) is 18.2 Å². The third-order valence-electron chi connectivity index (χ3n) is 6.61. The summed E-state index contributed by atoms with van der Waals surface area (Å²) in [7, 11) is 1.59. The average molecular weight is 421 g/mol. The zero-order chi connectivity index (χ0) is 21.1. The highest BCUT2D eigenvalue weighted by Gasteiger charge is 2.44. The van der Waals surface area contributed by atoms with E-state index in [1.807, 2.05) is 4.90 Å². The SMILES string of the molecule is COCCOc1cc(O)cc(C(=O)N2C[C@H]3C[C@@H](N4CCOCC4)[C@H](O)C[C@H]3C2)c1. The van der Waals surface area contributed by atoms with E-state index < -0.39 is 0 Å². The molecule has 3 fully saturated rings. The Bertz CT molecular complexity index is 738. The van der Waals surface area contributed by atoms with E-state index in [2.05, 4.69) is 4.90 Å². The van der Waals surface area contributed by atoms with Crippen molar-refractivity contribution in [1.29, 1.82) is 0 Å². The van der Waals surface area contributed by atoms with Gasteiger partial charge in [-0.3, -0.25) is 9.69 Å². The van der Waals surface area contributed by atoms with E-state index in [9.17, 15) is 15.0 Å². The molecule has 3 aliphatic rings. The lowest BCUT2D eigenvalue weighted by Crippen LogP contribution is -2.53. The number of phenolic OH excluding ortho intramolecular Hbond substituents is 1. The van der Waals surface area contributed by atoms with E-state index in [1.165, 1.54) is 12.1 Å². The fraction of sp³-hybridized carbons (Fsp3) is 0.682. The van der Waals surface area contributed by atoms with Crippen molar-refractivity contribution in [2.75, 3.05) is 59.7 Å². The zero-order valence-corrected chi connectivity index (χ0v) is 17.5. The number of benzene rings is 1. The molecule has 8 heteroatoms. The van der Waals surface area contributed by atoms with E-state index in [-0.39, 0.29) is 23.8 Å². The van der Waals surface area contributed by atoms with Crippen LogP contribution in [0.1, 0.15) is 23.2 Å². The molecule has 30 heavy (non-hydrogen) atoms. The number of methoxy groups -OCH3 is 1. The Kier molecular flexibility index (Phi) is 6.77. The van der Waals surface area contributed by atoms with Gasteiger partial charge >= 0.3 is 0 Å². The molecule has 1 aliphatic carbocycles. The number of likely N-dealkylation sites (tertiary alicyclic amines) is 1. The van der Waals surface area contributed by atoms with Crippen molar-refractivity contribution in [2.45, 2.75) is 25.0 Å². The van der Waals surface area contributed by atoms with Crippen LogP contribution in [-0.2, 0) is 9.47 Å². The maximum absolute atomic E-state index is 13.1. The molecular formula is C22H32N2O6. The Labute approximate surface area is 177 Å². The molecule has 0 bridgehead atoms. The van der Waals surface area contributed by atoms with Crippen LogP contribution >= 0.6 is 0 Å². The van der Waals surface area contributed by atoms with E-state index in [0.717, 1.165) is 25.9 Å². The normalized spacial score (nSPS) is 29.6. The van der Waals surface area contributed by atoms with Crippen LogP contribution in [0.5, 0.6) is 11.5 Å². The van der Waals surface area contributed by atoms with Gasteiger partial charge in [0.15, 0.2) is 0 Å². The predicted molar refractivity (Wildman–Crippen MR) is 110 cm³/mol. The van der Waals surface area contributed by atoms with Gasteiger partial charge in [-0.25, -0.2) is 0 Å². The standard InChI is InChI=1S/C22H32N2O6/c1-28-6-7-30-19-9-15(8-18(25)12-19)22(27)24-13-16-10-20(21(26)11-17(16)14-24)23-2-4-29-5-3-23/h8-9,12,16-17,20-21,25-26H,2-7,10-11,13-14H2,1H3/t16-,17+,20-,21-/m1/s1. The van der Waals surface area contributed by atoms with Crippen LogP contribution in [0.2, 0.25) is 0 Å². The number of ether oxygens (including phenoxy) is 3. The molecule has 0 radical (unpaired) electrons. The first-order valence-electron chi connectivity index (χ1n) is 10.8. The van der Waals surface area contributed by atoms with E-state index in [1.54, 1.807) is 13.2 Å². The summed E-state index contributed by atoms with van der Waals surface area (Å²) in [6.45, 7) is 5.26. The summed E-state index contributed by atoms with van der Waals surface area (Å²) >= 11 is 0. The number of amides is 1. The van der Waals surface area contributed by atoms with Gasteiger partial charge in [0.2, 0.25) is 0 Å². The number of hydrogen-bond donors (Lipinski definition) is 2. The van der Waals surface area contributed by atoms with Crippen LogP contribution in [0, 0.1) is 11.8 Å². The minimum atomic E-state index is -0.360. The van der Waals surface area contributed by atoms with Gasteiger partial charge in [-0.2, -0.15) is 0 Å². The van der Waals surface area contributed by atoms with Crippen molar-refractivity contribution in [2.24, 2.45) is 11.8 Å². The third kappa shape index (κ3) is 4.72. The minimum Gasteiger partial charge on any atom is -0.508 e. The van der Waals surface area contributed by atoms with Crippen molar-refractivity contribution >= 4 is 5.91 Å². The number of aromatic hydroxyl groups is 1. The highest BCUT2D eigenvalue weighted by atomic mass is 16.5. The molecular weight excluding hydrogens is 388 g/mol. The van der Waals surface area contributed by atoms with Gasteiger partial charge in [0, 0.05) is 51.0 Å². The lowest BCUT2D eigenvalue weighted by atomic mass is 9.77. The number of nitrogens with zero attached hydrogens (tertiary/aromatic N) is 2. The molecule has 4 rings (SSSR count). The van der Waals surface area contributed by atoms with Gasteiger partial charge in [0.05, 0.1) is 25.9 Å². The molecule has 1 saturated carbocycles. The van der Waals surface area contributed by atoms with Crippen molar-refractivity contribution in [3.05, 3.63) is 23.8 Å². The summed E-state index contributed by atoms with van der Waals surface area (Å²) < 4.78 is 16.0. The molecule has 8 nitrogen and oxygen atoms in total. The molecule has 1 aromatic carbocycles. The zero-order valence-electron chi connectivity index (χ0n) is 17.5. The maximum atomic E-state index is 13.1. The number of aliphatic hydroxyl groups is 1. The summed E-state index contributed by atoms with van der Waals surface area (Å²) in [5.41, 5.74) is 0.423. The summed E-state index contributed by atoms with van der Waals surface area (Å²) in [5, 5.41) is 20.8. The Morgan fingerprint density at radius 2 is 1.87 bits per heavy atom. The molecule has 2 N–H and O–H groups in total. The number of phenols is 1. The van der Waals surface area contributed by atoms with Gasteiger partial charge in [0.1, 0.15) is 18.1 Å². The van der Waals surface area contributed by atoms with E-state index >= 15 is 0 Å². The van der Waals surface area contributed by atoms with Gasteiger partial charge in [-0.05, 0) is 36.8 Å². The molecule has 1 aromatic rings. The number of aliphatic hydroxyl groups excluding tert-OH is 1. The summed E-state index contributed by atoms with van der Waals surface area (Å²) in [4.78, 5) is 17.3. The molecule has 0 unspecified atom stereocenters. The van der Waals surface area contributed by atoms with Gasteiger partial charge in [-0.15, -0.1) is 0 Å². The quantitative estimate of drug-likeness (QED) is 0.663. The largest absolute Gasteiger partial charge is 0.508 e. The first-order chi connectivity index (χ1) is 14.5. The average Bonchev–Trinajstić information content (AvgIpc) is 3.16. The lowest BCUT2D eigenvalue weighted by molar-refractivity contribution is -0.0520. The molecule has 0 spiro atoms. The fourth-order valence-corrected chi connectivity index (χ4v) is 5.09. The highest BCUT2D eigenvalue weighted by Crippen LogP contribution is 2.39. The third-order valence-corrected chi connectivity index (χ3v) is 6.61. The van der Waals surface area contributed by atoms with Crippen LogP contribution in [-0.4, -0.2) is 97.8 Å². The van der Waals surface area contributed by atoms with Crippen molar-refractivity contribution in [1.82, 2.24) is 9.80 Å². The highest BCUT2D eigenvalue weighted by molar-refractivity contribution is 5.95. The number of rotatable bonds is 6. The number of morpholine rings is 1. The minimum absolute atomic E-state index is 0.00711. The number of carbonyl (C=O) groups is 1. The summed E-state index contributed by atoms with van der Waals surface area (Å²) in [5.74, 6) is 1.06. The van der Waals surface area contributed by atoms with E-state index in [0.29, 0.717) is 62.7 Å². The molecule has 166 valence electrons. The fourth-order valence-electron chi connectivity index (χ4n) is 5.09. The topological polar surface area (TPSA) is 91.7 Å². The maximum Gasteiger partial charge on any atom is 0.254 e. The Morgan fingerprint density at radius 1 is 1.13 bits per heavy atom. The van der Waals surface area contributed by atoms with Crippen molar-refractivity contribution < 1.29 is 29.2 Å². The monoisotopic (exact) mass is 420 g/mol. The molecule has 1 amide bonds. The second kappa shape index (κ2) is 9.51. The van der Waals surface area contributed by atoms with Crippen LogP contribution < -0.4 is 4.74 Å². The Hall–Kier alpha value is -1.87. The molecule has 0 aromatic heterocycles. The molecule has 2 saturated heterocycles. The van der Waals surface area contributed by atoms with Gasteiger partial charge < -0.3 is 29.3 Å². The number of fused-ring (bicyclic) bond motifs is 1. The molecule has 4 atom stereocenters. The second-order valence-corrected chi connectivity index (χ2v) is 8.54. The van der Waals surface area contributed by atoms with Crippen LogP contribution in [0.25, 0.3) is 0 Å². The predicted octanol–water partition coefficient (Wildman–Crippen LogP) is 0.961. The van der Waals surface area contributed by atoms with Crippen molar-refractivity contribution in [3.8, 4) is 11.5 Å². The van der Waals surface area contributed by atoms with Gasteiger partial charge in [0.25, 0.3) is 5.91 Å². The first-order valence-corrected chi connectivity index (χ1v) is 10.8.